The van der Waals surface area contributed by atoms with Gasteiger partial charge in [-0.15, -0.1) is 0 Å². The molecule has 1 rings (SSSR count). The van der Waals surface area contributed by atoms with E-state index in [1.165, 1.54) is 0 Å². The molecule has 0 aliphatic rings. The van der Waals surface area contributed by atoms with Gasteiger partial charge >= 0.3 is 0 Å². The first kappa shape index (κ1) is 15.7. The van der Waals surface area contributed by atoms with Crippen LogP contribution in [0.15, 0.2) is 6.07 Å². The van der Waals surface area contributed by atoms with Crippen molar-refractivity contribution < 1.29 is 5.11 Å². The molecular formula is C14H26N4O. The molecule has 0 radical (unpaired) electrons. The highest BCUT2D eigenvalue weighted by molar-refractivity contribution is 5.47. The second-order valence-electron chi connectivity index (χ2n) is 4.84. The van der Waals surface area contributed by atoms with E-state index < -0.39 is 5.60 Å². The molecule has 1 heterocycles. The Kier molecular flexibility index (Phi) is 6.02. The fraction of sp³-hybridized carbons (Fsp3) is 0.714. The van der Waals surface area contributed by atoms with Crippen LogP contribution in [-0.2, 0) is 6.42 Å². The standard InChI is InChI=1S/C14H26N4O/c1-5-8-11-17-12(15-4)9-13(18-11)16-10-14(19,6-2)7-3/h9,19H,5-8,10H2,1-4H3,(H2,15,16,17,18). The van der Waals surface area contributed by atoms with Crippen molar-refractivity contribution in [2.75, 3.05) is 24.2 Å². The highest BCUT2D eigenvalue weighted by Gasteiger charge is 2.21. The van der Waals surface area contributed by atoms with E-state index >= 15 is 0 Å². The largest absolute Gasteiger partial charge is 0.388 e. The van der Waals surface area contributed by atoms with Crippen LogP contribution in [0.1, 0.15) is 45.9 Å². The Morgan fingerprint density at radius 2 is 1.79 bits per heavy atom. The Labute approximate surface area is 115 Å². The molecule has 0 saturated heterocycles. The van der Waals surface area contributed by atoms with E-state index in [0.717, 1.165) is 43.1 Å². The Hall–Kier alpha value is -1.36. The summed E-state index contributed by atoms with van der Waals surface area (Å²) in [5, 5.41) is 16.5. The zero-order valence-electron chi connectivity index (χ0n) is 12.5. The van der Waals surface area contributed by atoms with Gasteiger partial charge in [-0.3, -0.25) is 0 Å². The number of nitrogens with zero attached hydrogens (tertiary/aromatic N) is 2. The van der Waals surface area contributed by atoms with Crippen molar-refractivity contribution in [1.82, 2.24) is 9.97 Å². The van der Waals surface area contributed by atoms with Crippen molar-refractivity contribution in [3.63, 3.8) is 0 Å². The highest BCUT2D eigenvalue weighted by atomic mass is 16.3. The highest BCUT2D eigenvalue weighted by Crippen LogP contribution is 2.17. The molecule has 0 bridgehead atoms. The van der Waals surface area contributed by atoms with Crippen LogP contribution in [0.2, 0.25) is 0 Å². The van der Waals surface area contributed by atoms with Crippen molar-refractivity contribution in [1.29, 1.82) is 0 Å². The Balaban J connectivity index is 2.79. The van der Waals surface area contributed by atoms with Gasteiger partial charge in [0.2, 0.25) is 0 Å². The van der Waals surface area contributed by atoms with E-state index in [-0.39, 0.29) is 0 Å². The molecule has 0 fully saturated rings. The lowest BCUT2D eigenvalue weighted by Gasteiger charge is -2.25. The molecule has 0 saturated carbocycles. The maximum Gasteiger partial charge on any atom is 0.133 e. The number of aryl methyl sites for hydroxylation is 1. The number of nitrogens with one attached hydrogen (secondary N) is 2. The fourth-order valence-corrected chi connectivity index (χ4v) is 1.81. The first-order valence-electron chi connectivity index (χ1n) is 7.08. The second kappa shape index (κ2) is 7.28. The summed E-state index contributed by atoms with van der Waals surface area (Å²) in [4.78, 5) is 8.87. The third-order valence-corrected chi connectivity index (χ3v) is 3.42. The normalized spacial score (nSPS) is 11.4. The van der Waals surface area contributed by atoms with Crippen LogP contribution in [0, 0.1) is 0 Å². The monoisotopic (exact) mass is 266 g/mol. The van der Waals surface area contributed by atoms with Gasteiger partial charge in [0, 0.05) is 26.1 Å². The lowest BCUT2D eigenvalue weighted by Crippen LogP contribution is -2.35. The van der Waals surface area contributed by atoms with E-state index in [4.69, 9.17) is 0 Å². The van der Waals surface area contributed by atoms with Gasteiger partial charge in [0.1, 0.15) is 17.5 Å². The fourth-order valence-electron chi connectivity index (χ4n) is 1.81. The summed E-state index contributed by atoms with van der Waals surface area (Å²) in [5.41, 5.74) is -0.671. The summed E-state index contributed by atoms with van der Waals surface area (Å²) in [7, 11) is 1.84. The molecule has 1 aromatic rings. The second-order valence-corrected chi connectivity index (χ2v) is 4.84. The van der Waals surface area contributed by atoms with Crippen LogP contribution >= 0.6 is 0 Å². The molecule has 3 N–H and O–H groups in total. The van der Waals surface area contributed by atoms with Crippen LogP contribution in [0.25, 0.3) is 0 Å². The topological polar surface area (TPSA) is 70.1 Å². The first-order chi connectivity index (χ1) is 9.06. The molecule has 1 aromatic heterocycles. The van der Waals surface area contributed by atoms with E-state index in [0.29, 0.717) is 6.54 Å². The van der Waals surface area contributed by atoms with Crippen LogP contribution in [0.5, 0.6) is 0 Å². The molecule has 0 unspecified atom stereocenters. The quantitative estimate of drug-likeness (QED) is 0.674. The maximum absolute atomic E-state index is 10.3. The lowest BCUT2D eigenvalue weighted by atomic mass is 9.98. The first-order valence-corrected chi connectivity index (χ1v) is 7.08. The minimum atomic E-state index is -0.671. The molecular weight excluding hydrogens is 240 g/mol. The maximum atomic E-state index is 10.3. The van der Waals surface area contributed by atoms with Crippen LogP contribution < -0.4 is 10.6 Å². The number of aromatic nitrogens is 2. The summed E-state index contributed by atoms with van der Waals surface area (Å²) in [5.74, 6) is 2.40. The predicted octanol–water partition coefficient (Wildman–Crippen LogP) is 2.43. The zero-order valence-corrected chi connectivity index (χ0v) is 12.5. The Bertz CT molecular complexity index is 391. The van der Waals surface area contributed by atoms with Gasteiger partial charge in [0.25, 0.3) is 0 Å². The molecule has 0 aliphatic carbocycles. The minimum Gasteiger partial charge on any atom is -0.388 e. The van der Waals surface area contributed by atoms with Gasteiger partial charge in [-0.25, -0.2) is 9.97 Å². The van der Waals surface area contributed by atoms with E-state index in [1.807, 2.05) is 27.0 Å². The van der Waals surface area contributed by atoms with E-state index in [9.17, 15) is 5.11 Å². The smallest absolute Gasteiger partial charge is 0.133 e. The minimum absolute atomic E-state index is 0.506. The number of rotatable bonds is 8. The molecule has 108 valence electrons. The van der Waals surface area contributed by atoms with Crippen molar-refractivity contribution in [3.8, 4) is 0 Å². The Morgan fingerprint density at radius 3 is 2.32 bits per heavy atom. The van der Waals surface area contributed by atoms with E-state index in [2.05, 4.69) is 27.5 Å². The summed E-state index contributed by atoms with van der Waals surface area (Å²) in [6, 6.07) is 1.87. The van der Waals surface area contributed by atoms with Crippen molar-refractivity contribution >= 4 is 11.6 Å². The third kappa shape index (κ3) is 4.67. The molecule has 5 heteroatoms. The van der Waals surface area contributed by atoms with Gasteiger partial charge in [0.05, 0.1) is 5.60 Å². The third-order valence-electron chi connectivity index (χ3n) is 3.42. The number of hydrogen-bond acceptors (Lipinski definition) is 5. The molecule has 0 amide bonds. The predicted molar refractivity (Wildman–Crippen MR) is 79.6 cm³/mol. The number of aliphatic hydroxyl groups is 1. The molecule has 0 spiro atoms. The molecule has 0 aliphatic heterocycles. The average Bonchev–Trinajstić information content (AvgIpc) is 2.45. The van der Waals surface area contributed by atoms with Crippen molar-refractivity contribution in [3.05, 3.63) is 11.9 Å². The van der Waals surface area contributed by atoms with Gasteiger partial charge in [0.15, 0.2) is 0 Å². The zero-order chi connectivity index (χ0) is 14.3. The van der Waals surface area contributed by atoms with Crippen LogP contribution in [0.4, 0.5) is 11.6 Å². The summed E-state index contributed by atoms with van der Waals surface area (Å²) in [6.45, 7) is 6.60. The molecule has 0 atom stereocenters. The van der Waals surface area contributed by atoms with Gasteiger partial charge in [-0.1, -0.05) is 20.8 Å². The Morgan fingerprint density at radius 1 is 1.16 bits per heavy atom. The summed E-state index contributed by atoms with van der Waals surface area (Å²) < 4.78 is 0. The lowest BCUT2D eigenvalue weighted by molar-refractivity contribution is 0.0456. The molecule has 19 heavy (non-hydrogen) atoms. The average molecular weight is 266 g/mol. The van der Waals surface area contributed by atoms with Crippen molar-refractivity contribution in [2.45, 2.75) is 52.1 Å². The molecule has 5 nitrogen and oxygen atoms in total. The van der Waals surface area contributed by atoms with Gasteiger partial charge < -0.3 is 15.7 Å². The molecule has 0 aromatic carbocycles. The number of anilines is 2. The summed E-state index contributed by atoms with van der Waals surface area (Å²) >= 11 is 0. The van der Waals surface area contributed by atoms with Crippen LogP contribution in [-0.4, -0.2) is 34.3 Å². The number of hydrogen-bond donors (Lipinski definition) is 3. The van der Waals surface area contributed by atoms with E-state index in [1.54, 1.807) is 0 Å². The van der Waals surface area contributed by atoms with Crippen molar-refractivity contribution in [2.24, 2.45) is 0 Å². The SMILES string of the molecule is CCCc1nc(NC)cc(NCC(O)(CC)CC)n1. The van der Waals surface area contributed by atoms with Gasteiger partial charge in [-0.05, 0) is 19.3 Å². The van der Waals surface area contributed by atoms with Crippen LogP contribution in [0.3, 0.4) is 0 Å². The summed E-state index contributed by atoms with van der Waals surface area (Å²) in [6.07, 6.45) is 3.32. The van der Waals surface area contributed by atoms with Gasteiger partial charge in [-0.2, -0.15) is 0 Å².